The highest BCUT2D eigenvalue weighted by atomic mass is 16.5. The largest absolute Gasteiger partial charge is 0.494 e. The van der Waals surface area contributed by atoms with Gasteiger partial charge in [-0.15, -0.1) is 0 Å². The third-order valence-electron chi connectivity index (χ3n) is 5.62. The fraction of sp³-hybridized carbons (Fsp3) is 0.318. The molecule has 28 heavy (non-hydrogen) atoms. The SMILES string of the molecule is CCOc1ccc(-c2nn3c(nc2=O)-c2ccccc2NC32CCCC2)cc1. The smallest absolute Gasteiger partial charge is 0.300 e. The zero-order valence-corrected chi connectivity index (χ0v) is 15.8. The second kappa shape index (κ2) is 6.48. The number of aromatic nitrogens is 3. The second-order valence-electron chi connectivity index (χ2n) is 7.37. The molecule has 3 aromatic rings. The van der Waals surface area contributed by atoms with Gasteiger partial charge in [-0.2, -0.15) is 10.1 Å². The number of nitrogens with zero attached hydrogens (tertiary/aromatic N) is 3. The van der Waals surface area contributed by atoms with E-state index in [0.717, 1.165) is 48.2 Å². The molecule has 5 rings (SSSR count). The van der Waals surface area contributed by atoms with E-state index in [1.807, 2.05) is 60.1 Å². The Kier molecular flexibility index (Phi) is 3.93. The van der Waals surface area contributed by atoms with Crippen LogP contribution in [0.3, 0.4) is 0 Å². The van der Waals surface area contributed by atoms with Gasteiger partial charge in [-0.05, 0) is 69.0 Å². The zero-order chi connectivity index (χ0) is 19.1. The van der Waals surface area contributed by atoms with Crippen molar-refractivity contribution in [1.29, 1.82) is 0 Å². The Morgan fingerprint density at radius 2 is 1.86 bits per heavy atom. The third-order valence-corrected chi connectivity index (χ3v) is 5.62. The van der Waals surface area contributed by atoms with E-state index in [1.165, 1.54) is 0 Å². The third kappa shape index (κ3) is 2.59. The van der Waals surface area contributed by atoms with Crippen molar-refractivity contribution in [2.45, 2.75) is 38.3 Å². The maximum atomic E-state index is 12.9. The van der Waals surface area contributed by atoms with Crippen LogP contribution in [0.15, 0.2) is 53.3 Å². The molecule has 1 N–H and O–H groups in total. The van der Waals surface area contributed by atoms with Crippen LogP contribution in [-0.2, 0) is 5.66 Å². The molecular weight excluding hydrogens is 352 g/mol. The Hall–Kier alpha value is -3.15. The number of fused-ring (bicyclic) bond motifs is 4. The Labute approximate surface area is 163 Å². The van der Waals surface area contributed by atoms with Gasteiger partial charge in [0.2, 0.25) is 0 Å². The van der Waals surface area contributed by atoms with E-state index in [0.29, 0.717) is 18.1 Å². The standard InChI is InChI=1S/C22H22N4O2/c1-2-28-16-11-9-15(10-12-16)19-21(27)23-20-17-7-3-4-8-18(17)24-22(26(20)25-19)13-5-6-14-22/h3-4,7-12,24H,2,5-6,13-14H2,1H3. The van der Waals surface area contributed by atoms with Crippen LogP contribution >= 0.6 is 0 Å². The molecule has 2 aromatic carbocycles. The van der Waals surface area contributed by atoms with Gasteiger partial charge < -0.3 is 10.1 Å². The highest BCUT2D eigenvalue weighted by Crippen LogP contribution is 2.44. The molecule has 6 nitrogen and oxygen atoms in total. The van der Waals surface area contributed by atoms with Crippen LogP contribution in [0.1, 0.15) is 32.6 Å². The van der Waals surface area contributed by atoms with Gasteiger partial charge in [-0.1, -0.05) is 12.1 Å². The summed E-state index contributed by atoms with van der Waals surface area (Å²) in [6.45, 7) is 2.55. The van der Waals surface area contributed by atoms with Crippen molar-refractivity contribution in [2.75, 3.05) is 11.9 Å². The minimum absolute atomic E-state index is 0.305. The van der Waals surface area contributed by atoms with E-state index >= 15 is 0 Å². The number of para-hydroxylation sites is 1. The van der Waals surface area contributed by atoms with Gasteiger partial charge in [0.05, 0.1) is 6.61 Å². The van der Waals surface area contributed by atoms with Crippen molar-refractivity contribution in [3.8, 4) is 28.4 Å². The topological polar surface area (TPSA) is 69.0 Å². The Balaban J connectivity index is 1.68. The first-order valence-electron chi connectivity index (χ1n) is 9.83. The van der Waals surface area contributed by atoms with Crippen molar-refractivity contribution in [3.63, 3.8) is 0 Å². The normalized spacial score (nSPS) is 16.3. The summed E-state index contributed by atoms with van der Waals surface area (Å²) in [5.41, 5.74) is 2.45. The lowest BCUT2D eigenvalue weighted by Crippen LogP contribution is -2.45. The molecule has 0 bridgehead atoms. The Morgan fingerprint density at radius 3 is 2.61 bits per heavy atom. The predicted octanol–water partition coefficient (Wildman–Crippen LogP) is 4.02. The number of benzene rings is 2. The fourth-order valence-electron chi connectivity index (χ4n) is 4.30. The number of nitrogens with one attached hydrogen (secondary N) is 1. The molecular formula is C22H22N4O2. The molecule has 1 aliphatic heterocycles. The van der Waals surface area contributed by atoms with Crippen LogP contribution in [0.25, 0.3) is 22.6 Å². The molecule has 0 unspecified atom stereocenters. The van der Waals surface area contributed by atoms with Gasteiger partial charge >= 0.3 is 0 Å². The zero-order valence-electron chi connectivity index (χ0n) is 15.8. The molecule has 6 heteroatoms. The highest BCUT2D eigenvalue weighted by Gasteiger charge is 2.42. The van der Waals surface area contributed by atoms with Crippen molar-refractivity contribution >= 4 is 5.69 Å². The minimum Gasteiger partial charge on any atom is -0.494 e. The first kappa shape index (κ1) is 17.0. The lowest BCUT2D eigenvalue weighted by molar-refractivity contribution is 0.300. The first-order chi connectivity index (χ1) is 13.7. The molecule has 0 radical (unpaired) electrons. The van der Waals surface area contributed by atoms with Crippen LogP contribution in [0.5, 0.6) is 5.75 Å². The summed E-state index contributed by atoms with van der Waals surface area (Å²) < 4.78 is 7.46. The van der Waals surface area contributed by atoms with E-state index in [-0.39, 0.29) is 11.2 Å². The molecule has 0 atom stereocenters. The molecule has 1 aromatic heterocycles. The monoisotopic (exact) mass is 374 g/mol. The van der Waals surface area contributed by atoms with E-state index in [9.17, 15) is 4.79 Å². The number of hydrogen-bond acceptors (Lipinski definition) is 5. The van der Waals surface area contributed by atoms with E-state index in [1.54, 1.807) is 0 Å². The molecule has 142 valence electrons. The van der Waals surface area contributed by atoms with Crippen LogP contribution in [0.4, 0.5) is 5.69 Å². The molecule has 2 heterocycles. The summed E-state index contributed by atoms with van der Waals surface area (Å²) in [6.07, 6.45) is 4.19. The highest BCUT2D eigenvalue weighted by molar-refractivity contribution is 5.76. The van der Waals surface area contributed by atoms with Crippen LogP contribution in [0.2, 0.25) is 0 Å². The fourth-order valence-corrected chi connectivity index (χ4v) is 4.30. The Morgan fingerprint density at radius 1 is 1.11 bits per heavy atom. The van der Waals surface area contributed by atoms with Gasteiger partial charge in [0.1, 0.15) is 11.4 Å². The number of hydrogen-bond donors (Lipinski definition) is 1. The molecule has 1 spiro atoms. The Bertz CT molecular complexity index is 1080. The molecule has 1 aliphatic carbocycles. The lowest BCUT2D eigenvalue weighted by atomic mass is 10.0. The van der Waals surface area contributed by atoms with Gasteiger partial charge in [-0.3, -0.25) is 4.79 Å². The van der Waals surface area contributed by atoms with E-state index in [2.05, 4.69) is 10.3 Å². The van der Waals surface area contributed by atoms with Gasteiger partial charge in [0.15, 0.2) is 11.5 Å². The summed E-state index contributed by atoms with van der Waals surface area (Å²) in [5, 5.41) is 8.52. The molecule has 0 amide bonds. The first-order valence-corrected chi connectivity index (χ1v) is 9.83. The molecule has 1 saturated carbocycles. The minimum atomic E-state index is -0.315. The van der Waals surface area contributed by atoms with E-state index in [4.69, 9.17) is 9.84 Å². The van der Waals surface area contributed by atoms with Gasteiger partial charge in [-0.25, -0.2) is 4.68 Å². The number of anilines is 1. The summed E-state index contributed by atoms with van der Waals surface area (Å²) in [7, 11) is 0. The molecule has 2 aliphatic rings. The van der Waals surface area contributed by atoms with Crippen LogP contribution in [0, 0.1) is 0 Å². The average Bonchev–Trinajstić information content (AvgIpc) is 3.18. The average molecular weight is 374 g/mol. The molecule has 1 fully saturated rings. The van der Waals surface area contributed by atoms with Crippen molar-refractivity contribution in [3.05, 3.63) is 58.9 Å². The van der Waals surface area contributed by atoms with Crippen molar-refractivity contribution in [2.24, 2.45) is 0 Å². The van der Waals surface area contributed by atoms with Crippen LogP contribution in [-0.4, -0.2) is 21.4 Å². The maximum absolute atomic E-state index is 12.9. The van der Waals surface area contributed by atoms with Crippen LogP contribution < -0.4 is 15.6 Å². The number of ether oxygens (including phenoxy) is 1. The maximum Gasteiger partial charge on any atom is 0.300 e. The second-order valence-corrected chi connectivity index (χ2v) is 7.37. The summed E-state index contributed by atoms with van der Waals surface area (Å²) >= 11 is 0. The predicted molar refractivity (Wildman–Crippen MR) is 108 cm³/mol. The quantitative estimate of drug-likeness (QED) is 0.750. The molecule has 0 saturated heterocycles. The van der Waals surface area contributed by atoms with E-state index < -0.39 is 0 Å². The summed E-state index contributed by atoms with van der Waals surface area (Å²) in [5.74, 6) is 1.43. The van der Waals surface area contributed by atoms with Gasteiger partial charge in [0.25, 0.3) is 5.56 Å². The lowest BCUT2D eigenvalue weighted by Gasteiger charge is -2.39. The van der Waals surface area contributed by atoms with Crippen molar-refractivity contribution < 1.29 is 4.74 Å². The summed E-state index contributed by atoms with van der Waals surface area (Å²) in [6, 6.07) is 15.5. The summed E-state index contributed by atoms with van der Waals surface area (Å²) in [4.78, 5) is 17.4. The van der Waals surface area contributed by atoms with Crippen molar-refractivity contribution in [1.82, 2.24) is 14.8 Å². The number of rotatable bonds is 3. The van der Waals surface area contributed by atoms with Gasteiger partial charge in [0, 0.05) is 16.8 Å².